The van der Waals surface area contributed by atoms with Crippen molar-refractivity contribution < 1.29 is 14.6 Å². The zero-order chi connectivity index (χ0) is 15.7. The molecule has 0 saturated heterocycles. The maximum Gasteiger partial charge on any atom is 0.220 e. The van der Waals surface area contributed by atoms with Crippen molar-refractivity contribution in [3.05, 3.63) is 35.9 Å². The number of hydrogen-bond acceptors (Lipinski definition) is 4. The lowest BCUT2D eigenvalue weighted by molar-refractivity contribution is -0.122. The lowest BCUT2D eigenvalue weighted by Gasteiger charge is -2.23. The number of nitrogens with two attached hydrogens (primary N) is 1. The van der Waals surface area contributed by atoms with Crippen LogP contribution in [-0.2, 0) is 9.53 Å². The first kappa shape index (κ1) is 17.6. The number of nitrogens with one attached hydrogen (secondary N) is 1. The van der Waals surface area contributed by atoms with Crippen molar-refractivity contribution in [3.63, 3.8) is 0 Å². The second kappa shape index (κ2) is 8.77. The summed E-state index contributed by atoms with van der Waals surface area (Å²) in [6.07, 6.45) is 1.40. The van der Waals surface area contributed by atoms with Gasteiger partial charge in [-0.3, -0.25) is 4.79 Å². The standard InChI is InChI=1S/C16H26N2O3/c1-16(20,10-11-21-2)12-18-15(19)9-8-14(17)13-6-4-3-5-7-13/h3-7,14,20H,8-12,17H2,1-2H3,(H,18,19). The summed E-state index contributed by atoms with van der Waals surface area (Å²) in [5.41, 5.74) is 6.12. The molecule has 0 aromatic heterocycles. The van der Waals surface area contributed by atoms with E-state index < -0.39 is 5.60 Å². The molecule has 2 atom stereocenters. The minimum absolute atomic E-state index is 0.0981. The van der Waals surface area contributed by atoms with Crippen LogP contribution < -0.4 is 11.1 Å². The van der Waals surface area contributed by atoms with E-state index in [1.165, 1.54) is 0 Å². The van der Waals surface area contributed by atoms with Gasteiger partial charge in [0.05, 0.1) is 5.60 Å². The predicted octanol–water partition coefficient (Wildman–Crippen LogP) is 1.37. The maximum atomic E-state index is 11.8. The van der Waals surface area contributed by atoms with Gasteiger partial charge < -0.3 is 20.9 Å². The Kier molecular flexibility index (Phi) is 7.36. The molecule has 0 bridgehead atoms. The Morgan fingerprint density at radius 3 is 2.71 bits per heavy atom. The van der Waals surface area contributed by atoms with Gasteiger partial charge in [-0.15, -0.1) is 0 Å². The van der Waals surface area contributed by atoms with E-state index in [2.05, 4.69) is 5.32 Å². The van der Waals surface area contributed by atoms with Gasteiger partial charge in [0.25, 0.3) is 0 Å². The summed E-state index contributed by atoms with van der Waals surface area (Å²) in [6, 6.07) is 9.57. The Hall–Kier alpha value is -1.43. The SMILES string of the molecule is COCCC(C)(O)CNC(=O)CCC(N)c1ccccc1. The second-order valence-electron chi connectivity index (χ2n) is 5.57. The molecule has 0 spiro atoms. The Bertz CT molecular complexity index is 421. The molecule has 5 heteroatoms. The summed E-state index contributed by atoms with van der Waals surface area (Å²) in [7, 11) is 1.58. The number of rotatable bonds is 9. The molecule has 0 fully saturated rings. The van der Waals surface area contributed by atoms with E-state index in [1.54, 1.807) is 14.0 Å². The van der Waals surface area contributed by atoms with Crippen LogP contribution in [0.25, 0.3) is 0 Å². The predicted molar refractivity (Wildman–Crippen MR) is 82.7 cm³/mol. The molecule has 1 aromatic carbocycles. The average Bonchev–Trinajstić information content (AvgIpc) is 2.49. The first-order chi connectivity index (χ1) is 9.94. The molecule has 0 heterocycles. The van der Waals surface area contributed by atoms with Gasteiger partial charge in [0.2, 0.25) is 5.91 Å². The molecule has 0 aliphatic heterocycles. The minimum atomic E-state index is -0.951. The molecule has 1 amide bonds. The summed E-state index contributed by atoms with van der Waals surface area (Å²) in [5.74, 6) is -0.0981. The Morgan fingerprint density at radius 2 is 2.10 bits per heavy atom. The molecule has 1 aromatic rings. The number of carbonyl (C=O) groups excluding carboxylic acids is 1. The van der Waals surface area contributed by atoms with Crippen molar-refractivity contribution >= 4 is 5.91 Å². The summed E-state index contributed by atoms with van der Waals surface area (Å²) in [5, 5.41) is 12.8. The van der Waals surface area contributed by atoms with E-state index >= 15 is 0 Å². The van der Waals surface area contributed by atoms with Gasteiger partial charge in [-0.2, -0.15) is 0 Å². The number of ether oxygens (including phenoxy) is 1. The van der Waals surface area contributed by atoms with Crippen LogP contribution in [0.3, 0.4) is 0 Å². The monoisotopic (exact) mass is 294 g/mol. The van der Waals surface area contributed by atoms with Gasteiger partial charge in [-0.1, -0.05) is 30.3 Å². The van der Waals surface area contributed by atoms with Crippen LogP contribution in [0.5, 0.6) is 0 Å². The summed E-state index contributed by atoms with van der Waals surface area (Å²) >= 11 is 0. The lowest BCUT2D eigenvalue weighted by atomic mass is 10.0. The van der Waals surface area contributed by atoms with Crippen molar-refractivity contribution in [2.45, 2.75) is 37.8 Å². The third-order valence-corrected chi connectivity index (χ3v) is 3.42. The third kappa shape index (κ3) is 7.22. The molecule has 1 rings (SSSR count). The third-order valence-electron chi connectivity index (χ3n) is 3.42. The van der Waals surface area contributed by atoms with Crippen molar-refractivity contribution in [1.82, 2.24) is 5.32 Å². The number of aliphatic hydroxyl groups is 1. The van der Waals surface area contributed by atoms with Crippen LogP contribution in [0, 0.1) is 0 Å². The van der Waals surface area contributed by atoms with Gasteiger partial charge >= 0.3 is 0 Å². The van der Waals surface area contributed by atoms with Crippen LogP contribution in [0.4, 0.5) is 0 Å². The Balaban J connectivity index is 2.28. The maximum absolute atomic E-state index is 11.8. The summed E-state index contributed by atoms with van der Waals surface area (Å²) in [4.78, 5) is 11.8. The van der Waals surface area contributed by atoms with Gasteiger partial charge in [0.1, 0.15) is 0 Å². The highest BCUT2D eigenvalue weighted by Crippen LogP contribution is 2.15. The number of carbonyl (C=O) groups is 1. The van der Waals surface area contributed by atoms with E-state index in [0.717, 1.165) is 5.56 Å². The van der Waals surface area contributed by atoms with Crippen molar-refractivity contribution in [2.24, 2.45) is 5.73 Å². The average molecular weight is 294 g/mol. The highest BCUT2D eigenvalue weighted by atomic mass is 16.5. The number of hydrogen-bond donors (Lipinski definition) is 3. The second-order valence-corrected chi connectivity index (χ2v) is 5.57. The van der Waals surface area contributed by atoms with E-state index in [9.17, 15) is 9.90 Å². The minimum Gasteiger partial charge on any atom is -0.388 e. The van der Waals surface area contributed by atoms with Crippen molar-refractivity contribution in [1.29, 1.82) is 0 Å². The van der Waals surface area contributed by atoms with Gasteiger partial charge in [-0.25, -0.2) is 0 Å². The molecule has 118 valence electrons. The van der Waals surface area contributed by atoms with Crippen LogP contribution in [0.1, 0.15) is 37.8 Å². The highest BCUT2D eigenvalue weighted by molar-refractivity contribution is 5.76. The zero-order valence-electron chi connectivity index (χ0n) is 12.8. The summed E-state index contributed by atoms with van der Waals surface area (Å²) < 4.78 is 4.92. The Labute approximate surface area is 126 Å². The van der Waals surface area contributed by atoms with E-state index in [4.69, 9.17) is 10.5 Å². The largest absolute Gasteiger partial charge is 0.388 e. The van der Waals surface area contributed by atoms with Crippen molar-refractivity contribution in [2.75, 3.05) is 20.3 Å². The smallest absolute Gasteiger partial charge is 0.220 e. The molecule has 5 nitrogen and oxygen atoms in total. The molecular formula is C16H26N2O3. The van der Waals surface area contributed by atoms with E-state index in [0.29, 0.717) is 25.9 Å². The topological polar surface area (TPSA) is 84.6 Å². The van der Waals surface area contributed by atoms with Gasteiger partial charge in [0, 0.05) is 39.1 Å². The molecule has 0 saturated carbocycles. The number of methoxy groups -OCH3 is 1. The fraction of sp³-hybridized carbons (Fsp3) is 0.562. The molecular weight excluding hydrogens is 268 g/mol. The zero-order valence-corrected chi connectivity index (χ0v) is 12.8. The van der Waals surface area contributed by atoms with Crippen LogP contribution in [-0.4, -0.2) is 36.9 Å². The normalized spacial score (nSPS) is 15.2. The number of benzene rings is 1. The summed E-state index contributed by atoms with van der Waals surface area (Å²) in [6.45, 7) is 2.36. The molecule has 0 aliphatic rings. The molecule has 0 aliphatic carbocycles. The van der Waals surface area contributed by atoms with Crippen molar-refractivity contribution in [3.8, 4) is 0 Å². The Morgan fingerprint density at radius 1 is 1.43 bits per heavy atom. The van der Waals surface area contributed by atoms with E-state index in [1.807, 2.05) is 30.3 Å². The highest BCUT2D eigenvalue weighted by Gasteiger charge is 2.20. The van der Waals surface area contributed by atoms with Gasteiger partial charge in [0.15, 0.2) is 0 Å². The molecule has 0 radical (unpaired) electrons. The molecule has 4 N–H and O–H groups in total. The fourth-order valence-corrected chi connectivity index (χ4v) is 1.94. The fourth-order valence-electron chi connectivity index (χ4n) is 1.94. The molecule has 21 heavy (non-hydrogen) atoms. The van der Waals surface area contributed by atoms with Crippen LogP contribution in [0.15, 0.2) is 30.3 Å². The van der Waals surface area contributed by atoms with Crippen LogP contribution in [0.2, 0.25) is 0 Å². The van der Waals surface area contributed by atoms with Gasteiger partial charge in [-0.05, 0) is 18.9 Å². The lowest BCUT2D eigenvalue weighted by Crippen LogP contribution is -2.41. The van der Waals surface area contributed by atoms with E-state index in [-0.39, 0.29) is 18.5 Å². The first-order valence-corrected chi connectivity index (χ1v) is 7.23. The number of amides is 1. The molecule has 2 unspecified atom stereocenters. The van der Waals surface area contributed by atoms with Crippen LogP contribution >= 0.6 is 0 Å². The first-order valence-electron chi connectivity index (χ1n) is 7.23. The quantitative estimate of drug-likeness (QED) is 0.642.